The topological polar surface area (TPSA) is 32.3 Å². The standard InChI is InChI=1S/C17H29NO/c1-14(10-11-15-8-6-5-7-9-15)18-16(12-13-19)17(2,3)4/h5-9,14,16,18-19H,10-13H2,1-4H3. The van der Waals surface area contributed by atoms with Crippen molar-refractivity contribution in [1.82, 2.24) is 5.32 Å². The molecule has 0 radical (unpaired) electrons. The minimum atomic E-state index is 0.184. The van der Waals surface area contributed by atoms with Gasteiger partial charge < -0.3 is 10.4 Å². The molecule has 0 fully saturated rings. The van der Waals surface area contributed by atoms with E-state index in [4.69, 9.17) is 0 Å². The lowest BCUT2D eigenvalue weighted by atomic mass is 9.84. The predicted molar refractivity (Wildman–Crippen MR) is 82.3 cm³/mol. The second-order valence-corrected chi connectivity index (χ2v) is 6.52. The Labute approximate surface area is 118 Å². The molecule has 0 aliphatic rings. The van der Waals surface area contributed by atoms with Crippen molar-refractivity contribution in [3.8, 4) is 0 Å². The molecule has 108 valence electrons. The summed E-state index contributed by atoms with van der Waals surface area (Å²) in [4.78, 5) is 0. The lowest BCUT2D eigenvalue weighted by molar-refractivity contribution is 0.186. The minimum absolute atomic E-state index is 0.184. The highest BCUT2D eigenvalue weighted by Crippen LogP contribution is 2.22. The van der Waals surface area contributed by atoms with Crippen molar-refractivity contribution >= 4 is 0 Å². The molecule has 19 heavy (non-hydrogen) atoms. The molecule has 1 aromatic rings. The summed E-state index contributed by atoms with van der Waals surface area (Å²) in [5.41, 5.74) is 1.58. The van der Waals surface area contributed by atoms with Gasteiger partial charge in [0.25, 0.3) is 0 Å². The van der Waals surface area contributed by atoms with Crippen LogP contribution in [0.4, 0.5) is 0 Å². The molecule has 0 saturated carbocycles. The Balaban J connectivity index is 2.42. The molecule has 2 atom stereocenters. The van der Waals surface area contributed by atoms with Crippen molar-refractivity contribution in [3.63, 3.8) is 0 Å². The number of aliphatic hydroxyl groups is 1. The molecule has 2 N–H and O–H groups in total. The third-order valence-electron chi connectivity index (χ3n) is 3.66. The van der Waals surface area contributed by atoms with Gasteiger partial charge >= 0.3 is 0 Å². The van der Waals surface area contributed by atoms with Crippen LogP contribution >= 0.6 is 0 Å². The van der Waals surface area contributed by atoms with E-state index in [1.54, 1.807) is 0 Å². The highest BCUT2D eigenvalue weighted by atomic mass is 16.3. The summed E-state index contributed by atoms with van der Waals surface area (Å²) in [5.74, 6) is 0. The number of aryl methyl sites for hydroxylation is 1. The highest BCUT2D eigenvalue weighted by Gasteiger charge is 2.24. The molecule has 0 aliphatic carbocycles. The maximum Gasteiger partial charge on any atom is 0.0446 e. The maximum atomic E-state index is 9.18. The second-order valence-electron chi connectivity index (χ2n) is 6.52. The van der Waals surface area contributed by atoms with Crippen molar-refractivity contribution in [2.75, 3.05) is 6.61 Å². The Kier molecular flexibility index (Phi) is 6.53. The van der Waals surface area contributed by atoms with E-state index in [1.165, 1.54) is 5.56 Å². The zero-order valence-corrected chi connectivity index (χ0v) is 12.8. The van der Waals surface area contributed by atoms with E-state index in [2.05, 4.69) is 63.3 Å². The van der Waals surface area contributed by atoms with Gasteiger partial charge in [0.05, 0.1) is 0 Å². The van der Waals surface area contributed by atoms with E-state index in [0.717, 1.165) is 19.3 Å². The Morgan fingerprint density at radius 3 is 2.26 bits per heavy atom. The van der Waals surface area contributed by atoms with Gasteiger partial charge in [0.2, 0.25) is 0 Å². The molecule has 0 heterocycles. The van der Waals surface area contributed by atoms with Gasteiger partial charge in [-0.15, -0.1) is 0 Å². The Hall–Kier alpha value is -0.860. The summed E-state index contributed by atoms with van der Waals surface area (Å²) in [6.45, 7) is 9.16. The quantitative estimate of drug-likeness (QED) is 0.790. The van der Waals surface area contributed by atoms with Crippen molar-refractivity contribution in [2.24, 2.45) is 5.41 Å². The molecule has 0 saturated heterocycles. The van der Waals surface area contributed by atoms with Gasteiger partial charge in [-0.3, -0.25) is 0 Å². The smallest absolute Gasteiger partial charge is 0.0446 e. The van der Waals surface area contributed by atoms with Crippen molar-refractivity contribution in [1.29, 1.82) is 0 Å². The first-order chi connectivity index (χ1) is 8.93. The SMILES string of the molecule is CC(CCc1ccccc1)NC(CCO)C(C)(C)C. The monoisotopic (exact) mass is 263 g/mol. The van der Waals surface area contributed by atoms with Crippen molar-refractivity contribution in [3.05, 3.63) is 35.9 Å². The molecule has 1 rings (SSSR count). The zero-order chi connectivity index (χ0) is 14.3. The van der Waals surface area contributed by atoms with Crippen LogP contribution in [0.3, 0.4) is 0 Å². The van der Waals surface area contributed by atoms with Crippen molar-refractivity contribution in [2.45, 2.75) is 59.0 Å². The third-order valence-corrected chi connectivity index (χ3v) is 3.66. The van der Waals surface area contributed by atoms with E-state index in [-0.39, 0.29) is 12.0 Å². The van der Waals surface area contributed by atoms with Gasteiger partial charge in [-0.1, -0.05) is 51.1 Å². The first kappa shape index (κ1) is 16.2. The van der Waals surface area contributed by atoms with Gasteiger partial charge in [-0.05, 0) is 37.2 Å². The van der Waals surface area contributed by atoms with E-state index < -0.39 is 0 Å². The first-order valence-corrected chi connectivity index (χ1v) is 7.34. The number of hydrogen-bond donors (Lipinski definition) is 2. The van der Waals surface area contributed by atoms with E-state index in [1.807, 2.05) is 0 Å². The molecular formula is C17H29NO. The average molecular weight is 263 g/mol. The van der Waals surface area contributed by atoms with Crippen LogP contribution in [0, 0.1) is 5.41 Å². The van der Waals surface area contributed by atoms with Gasteiger partial charge in [0, 0.05) is 18.7 Å². The number of hydrogen-bond acceptors (Lipinski definition) is 2. The summed E-state index contributed by atoms with van der Waals surface area (Å²) >= 11 is 0. The van der Waals surface area contributed by atoms with Crippen LogP contribution in [0.15, 0.2) is 30.3 Å². The van der Waals surface area contributed by atoms with Crippen LogP contribution in [-0.4, -0.2) is 23.8 Å². The van der Waals surface area contributed by atoms with Gasteiger partial charge in [0.15, 0.2) is 0 Å². The summed E-state index contributed by atoms with van der Waals surface area (Å²) < 4.78 is 0. The van der Waals surface area contributed by atoms with Crippen LogP contribution in [0.1, 0.15) is 46.1 Å². The molecule has 0 bridgehead atoms. The summed E-state index contributed by atoms with van der Waals surface area (Å²) in [5, 5.41) is 12.8. The average Bonchev–Trinajstić information content (AvgIpc) is 2.36. The van der Waals surface area contributed by atoms with E-state index in [9.17, 15) is 5.11 Å². The summed E-state index contributed by atoms with van der Waals surface area (Å²) in [6, 6.07) is 11.4. The molecule has 0 aliphatic heterocycles. The maximum absolute atomic E-state index is 9.18. The Morgan fingerprint density at radius 2 is 1.74 bits per heavy atom. The molecule has 2 heteroatoms. The highest BCUT2D eigenvalue weighted by molar-refractivity contribution is 5.14. The molecule has 2 unspecified atom stereocenters. The minimum Gasteiger partial charge on any atom is -0.396 e. The van der Waals surface area contributed by atoms with Crippen LogP contribution < -0.4 is 5.32 Å². The summed E-state index contributed by atoms with van der Waals surface area (Å²) in [7, 11) is 0. The number of rotatable bonds is 7. The molecule has 0 aromatic heterocycles. The molecule has 0 amide bonds. The predicted octanol–water partition coefficient (Wildman–Crippen LogP) is 3.39. The van der Waals surface area contributed by atoms with Crippen LogP contribution in [0.5, 0.6) is 0 Å². The van der Waals surface area contributed by atoms with E-state index in [0.29, 0.717) is 12.1 Å². The fourth-order valence-corrected chi connectivity index (χ4v) is 2.35. The fraction of sp³-hybridized carbons (Fsp3) is 0.647. The van der Waals surface area contributed by atoms with Gasteiger partial charge in [-0.25, -0.2) is 0 Å². The van der Waals surface area contributed by atoms with Gasteiger partial charge in [0.1, 0.15) is 0 Å². The fourth-order valence-electron chi connectivity index (χ4n) is 2.35. The third kappa shape index (κ3) is 6.22. The van der Waals surface area contributed by atoms with E-state index >= 15 is 0 Å². The molecular weight excluding hydrogens is 234 g/mol. The van der Waals surface area contributed by atoms with Crippen LogP contribution in [-0.2, 0) is 6.42 Å². The molecule has 2 nitrogen and oxygen atoms in total. The molecule has 0 spiro atoms. The largest absolute Gasteiger partial charge is 0.396 e. The lowest BCUT2D eigenvalue weighted by Crippen LogP contribution is -2.45. The van der Waals surface area contributed by atoms with Crippen LogP contribution in [0.25, 0.3) is 0 Å². The number of aliphatic hydroxyl groups excluding tert-OH is 1. The molecule has 1 aromatic carbocycles. The first-order valence-electron chi connectivity index (χ1n) is 7.34. The zero-order valence-electron chi connectivity index (χ0n) is 12.8. The van der Waals surface area contributed by atoms with Crippen LogP contribution in [0.2, 0.25) is 0 Å². The number of nitrogens with one attached hydrogen (secondary N) is 1. The van der Waals surface area contributed by atoms with Crippen molar-refractivity contribution < 1.29 is 5.11 Å². The number of benzene rings is 1. The summed E-state index contributed by atoms with van der Waals surface area (Å²) in [6.07, 6.45) is 3.05. The second kappa shape index (κ2) is 7.66. The lowest BCUT2D eigenvalue weighted by Gasteiger charge is -2.34. The Morgan fingerprint density at radius 1 is 1.11 bits per heavy atom. The van der Waals surface area contributed by atoms with Gasteiger partial charge in [-0.2, -0.15) is 0 Å². The Bertz CT molecular complexity index is 342. The normalized spacial score (nSPS) is 15.2.